The van der Waals surface area contributed by atoms with Crippen molar-refractivity contribution in [2.24, 2.45) is 0 Å². The van der Waals surface area contributed by atoms with E-state index >= 15 is 0 Å². The number of sulfonamides is 1. The highest BCUT2D eigenvalue weighted by Gasteiger charge is 2.32. The molecule has 0 saturated heterocycles. The number of hydrogen-bond donors (Lipinski definition) is 1. The van der Waals surface area contributed by atoms with Crippen molar-refractivity contribution in [3.8, 4) is 11.5 Å². The number of unbranched alkanes of at least 4 members (excludes halogenated alkanes) is 1. The molecule has 0 saturated carbocycles. The van der Waals surface area contributed by atoms with Gasteiger partial charge in [-0.3, -0.25) is 13.9 Å². The average Bonchev–Trinajstić information content (AvgIpc) is 3.00. The van der Waals surface area contributed by atoms with Gasteiger partial charge in [-0.1, -0.05) is 55.3 Å². The summed E-state index contributed by atoms with van der Waals surface area (Å²) in [4.78, 5) is 28.3. The van der Waals surface area contributed by atoms with Gasteiger partial charge >= 0.3 is 0 Å². The van der Waals surface area contributed by atoms with Crippen molar-refractivity contribution in [1.29, 1.82) is 0 Å². The minimum Gasteiger partial charge on any atom is -0.493 e. The number of carbonyl (C=O) groups excluding carboxylic acids is 2. The van der Waals surface area contributed by atoms with Gasteiger partial charge < -0.3 is 19.7 Å². The summed E-state index contributed by atoms with van der Waals surface area (Å²) < 4.78 is 39.7. The fourth-order valence-corrected chi connectivity index (χ4v) is 5.90. The monoisotopic (exact) mass is 615 g/mol. The molecule has 1 N–H and O–H groups in total. The largest absolute Gasteiger partial charge is 0.493 e. The van der Waals surface area contributed by atoms with Crippen LogP contribution in [0.3, 0.4) is 0 Å². The van der Waals surface area contributed by atoms with E-state index in [4.69, 9.17) is 21.1 Å². The Labute approximate surface area is 253 Å². The molecule has 0 unspecified atom stereocenters. The van der Waals surface area contributed by atoms with Crippen LogP contribution in [-0.2, 0) is 26.0 Å². The third kappa shape index (κ3) is 8.39. The van der Waals surface area contributed by atoms with Gasteiger partial charge in [-0.25, -0.2) is 8.42 Å². The topological polar surface area (TPSA) is 105 Å². The Morgan fingerprint density at radius 1 is 0.952 bits per heavy atom. The molecule has 0 bridgehead atoms. The number of nitrogens with one attached hydrogen (secondary N) is 1. The highest BCUT2D eigenvalue weighted by Crippen LogP contribution is 2.32. The van der Waals surface area contributed by atoms with Gasteiger partial charge in [0, 0.05) is 24.2 Å². The fourth-order valence-electron chi connectivity index (χ4n) is 4.35. The van der Waals surface area contributed by atoms with Crippen LogP contribution in [0.15, 0.2) is 77.7 Å². The molecular weight excluding hydrogens is 578 g/mol. The second-order valence-electron chi connectivity index (χ2n) is 9.65. The molecule has 0 radical (unpaired) electrons. The molecule has 3 aromatic carbocycles. The standard InChI is InChI=1S/C31H38ClN3O6S/c1-5-6-19-33-31(37)23(2)34(20-18-24-10-8-7-9-11-24)30(36)22-35(26-14-12-25(32)13-15-26)42(38,39)27-16-17-28(40-3)29(21-27)41-4/h7-17,21,23H,5-6,18-20,22H2,1-4H3,(H,33,37)/t23-/m1/s1. The van der Waals surface area contributed by atoms with Crippen LogP contribution in [-0.4, -0.2) is 65.0 Å². The lowest BCUT2D eigenvalue weighted by Crippen LogP contribution is -2.52. The van der Waals surface area contributed by atoms with Gasteiger partial charge in [-0.05, 0) is 61.7 Å². The molecular formula is C31H38ClN3O6S. The van der Waals surface area contributed by atoms with Gasteiger partial charge in [-0.2, -0.15) is 0 Å². The number of hydrogen-bond acceptors (Lipinski definition) is 6. The molecule has 226 valence electrons. The quantitative estimate of drug-likeness (QED) is 0.243. The number of benzene rings is 3. The maximum atomic E-state index is 14.0. The van der Waals surface area contributed by atoms with E-state index in [-0.39, 0.29) is 28.8 Å². The number of methoxy groups -OCH3 is 2. The van der Waals surface area contributed by atoms with Gasteiger partial charge in [0.25, 0.3) is 10.0 Å². The lowest BCUT2D eigenvalue weighted by atomic mass is 10.1. The SMILES string of the molecule is CCCCNC(=O)[C@@H](C)N(CCc1ccccc1)C(=O)CN(c1ccc(Cl)cc1)S(=O)(=O)c1ccc(OC)c(OC)c1. The van der Waals surface area contributed by atoms with E-state index in [1.807, 2.05) is 37.3 Å². The van der Waals surface area contributed by atoms with E-state index in [2.05, 4.69) is 5.32 Å². The molecule has 2 amide bonds. The van der Waals surface area contributed by atoms with Crippen molar-refractivity contribution >= 4 is 39.1 Å². The molecule has 0 spiro atoms. The number of halogens is 1. The second-order valence-corrected chi connectivity index (χ2v) is 11.9. The van der Waals surface area contributed by atoms with Gasteiger partial charge in [0.15, 0.2) is 11.5 Å². The van der Waals surface area contributed by atoms with E-state index in [9.17, 15) is 18.0 Å². The number of anilines is 1. The minimum absolute atomic E-state index is 0.0934. The van der Waals surface area contributed by atoms with Crippen LogP contribution < -0.4 is 19.1 Å². The first-order chi connectivity index (χ1) is 20.1. The van der Waals surface area contributed by atoms with Crippen LogP contribution in [0, 0.1) is 0 Å². The number of nitrogens with zero attached hydrogens (tertiary/aromatic N) is 2. The van der Waals surface area contributed by atoms with Crippen LogP contribution in [0.5, 0.6) is 11.5 Å². The Hall–Kier alpha value is -3.76. The molecule has 1 atom stereocenters. The highest BCUT2D eigenvalue weighted by molar-refractivity contribution is 7.92. The van der Waals surface area contributed by atoms with Crippen molar-refractivity contribution < 1.29 is 27.5 Å². The van der Waals surface area contributed by atoms with Crippen molar-refractivity contribution in [2.75, 3.05) is 38.2 Å². The van der Waals surface area contributed by atoms with E-state index in [0.717, 1.165) is 22.7 Å². The lowest BCUT2D eigenvalue weighted by Gasteiger charge is -2.32. The van der Waals surface area contributed by atoms with Gasteiger partial charge in [0.05, 0.1) is 24.8 Å². The fraction of sp³-hybridized carbons (Fsp3) is 0.355. The Bertz CT molecular complexity index is 1430. The summed E-state index contributed by atoms with van der Waals surface area (Å²) in [6.45, 7) is 3.84. The third-order valence-corrected chi connectivity index (χ3v) is 8.84. The number of amides is 2. The number of carbonyl (C=O) groups is 2. The first kappa shape index (κ1) is 32.8. The van der Waals surface area contributed by atoms with Crippen molar-refractivity contribution in [3.63, 3.8) is 0 Å². The summed E-state index contributed by atoms with van der Waals surface area (Å²) >= 11 is 6.09. The summed E-state index contributed by atoms with van der Waals surface area (Å²) in [5.74, 6) is -0.239. The zero-order valence-corrected chi connectivity index (χ0v) is 26.0. The van der Waals surface area contributed by atoms with E-state index in [1.165, 1.54) is 49.5 Å². The van der Waals surface area contributed by atoms with E-state index in [1.54, 1.807) is 19.1 Å². The molecule has 42 heavy (non-hydrogen) atoms. The van der Waals surface area contributed by atoms with Crippen LogP contribution >= 0.6 is 11.6 Å². The Morgan fingerprint density at radius 3 is 2.24 bits per heavy atom. The molecule has 9 nitrogen and oxygen atoms in total. The van der Waals surface area contributed by atoms with Gasteiger partial charge in [0.1, 0.15) is 12.6 Å². The minimum atomic E-state index is -4.28. The van der Waals surface area contributed by atoms with Crippen molar-refractivity contribution in [3.05, 3.63) is 83.4 Å². The third-order valence-electron chi connectivity index (χ3n) is 6.82. The Kier molecular flexibility index (Phi) is 12.1. The highest BCUT2D eigenvalue weighted by atomic mass is 35.5. The van der Waals surface area contributed by atoms with Crippen molar-refractivity contribution in [1.82, 2.24) is 10.2 Å². The molecule has 3 rings (SSSR count). The van der Waals surface area contributed by atoms with Gasteiger partial charge in [-0.15, -0.1) is 0 Å². The van der Waals surface area contributed by atoms with E-state index < -0.39 is 28.5 Å². The summed E-state index contributed by atoms with van der Waals surface area (Å²) in [5, 5.41) is 3.29. The Morgan fingerprint density at radius 2 is 1.62 bits per heavy atom. The van der Waals surface area contributed by atoms with Crippen molar-refractivity contribution in [2.45, 2.75) is 44.0 Å². The molecule has 0 aliphatic rings. The Balaban J connectivity index is 1.99. The first-order valence-corrected chi connectivity index (χ1v) is 15.6. The summed E-state index contributed by atoms with van der Waals surface area (Å²) in [7, 11) is -1.42. The zero-order chi connectivity index (χ0) is 30.7. The molecule has 0 aromatic heterocycles. The van der Waals surface area contributed by atoms with Crippen LogP contribution in [0.2, 0.25) is 5.02 Å². The van der Waals surface area contributed by atoms with Crippen LogP contribution in [0.1, 0.15) is 32.3 Å². The number of rotatable bonds is 15. The smallest absolute Gasteiger partial charge is 0.264 e. The van der Waals surface area contributed by atoms with Crippen LogP contribution in [0.25, 0.3) is 0 Å². The maximum Gasteiger partial charge on any atom is 0.264 e. The van der Waals surface area contributed by atoms with E-state index in [0.29, 0.717) is 23.7 Å². The summed E-state index contributed by atoms with van der Waals surface area (Å²) in [5.41, 5.74) is 1.23. The summed E-state index contributed by atoms with van der Waals surface area (Å²) in [6, 6.07) is 19.2. The molecule has 0 aliphatic heterocycles. The zero-order valence-electron chi connectivity index (χ0n) is 24.4. The van der Waals surface area contributed by atoms with Crippen LogP contribution in [0.4, 0.5) is 5.69 Å². The lowest BCUT2D eigenvalue weighted by molar-refractivity contribution is -0.138. The maximum absolute atomic E-state index is 14.0. The molecule has 3 aromatic rings. The van der Waals surface area contributed by atoms with Gasteiger partial charge in [0.2, 0.25) is 11.8 Å². The average molecular weight is 616 g/mol. The second kappa shape index (κ2) is 15.5. The predicted molar refractivity (Wildman–Crippen MR) is 165 cm³/mol. The number of ether oxygens (including phenoxy) is 2. The molecule has 0 aliphatic carbocycles. The molecule has 11 heteroatoms. The normalized spacial score (nSPS) is 11.8. The first-order valence-electron chi connectivity index (χ1n) is 13.7. The summed E-state index contributed by atoms with van der Waals surface area (Å²) in [6.07, 6.45) is 2.21. The predicted octanol–water partition coefficient (Wildman–Crippen LogP) is 4.93. The molecule has 0 heterocycles. The molecule has 0 fully saturated rings.